The Morgan fingerprint density at radius 2 is 0.515 bits per heavy atom. The number of carbonyl (C=O) groups excluding carboxylic acids is 4. The first kappa shape index (κ1) is 97.1. The van der Waals surface area contributed by atoms with Crippen molar-refractivity contribution in [3.63, 3.8) is 0 Å². The maximum absolute atomic E-state index is 13.1. The number of hydrogen-bond donors (Lipinski definition) is 3. The highest BCUT2D eigenvalue weighted by Gasteiger charge is 2.30. The molecule has 0 aromatic rings. The van der Waals surface area contributed by atoms with Crippen LogP contribution in [-0.2, 0) is 65.4 Å². The summed E-state index contributed by atoms with van der Waals surface area (Å²) in [5, 5.41) is 10.6. The zero-order chi connectivity index (χ0) is 73.0. The summed E-state index contributed by atoms with van der Waals surface area (Å²) in [6.45, 7) is 11.9. The van der Waals surface area contributed by atoms with Gasteiger partial charge in [0.1, 0.15) is 19.3 Å². The highest BCUT2D eigenvalue weighted by Crippen LogP contribution is 2.45. The van der Waals surface area contributed by atoms with Gasteiger partial charge in [0.15, 0.2) is 12.2 Å². The summed E-state index contributed by atoms with van der Waals surface area (Å²) in [5.41, 5.74) is 0. The van der Waals surface area contributed by atoms with Crippen LogP contribution < -0.4 is 0 Å². The van der Waals surface area contributed by atoms with Crippen LogP contribution >= 0.6 is 15.6 Å². The minimum absolute atomic E-state index is 0.105. The third kappa shape index (κ3) is 71.5. The van der Waals surface area contributed by atoms with E-state index in [2.05, 4.69) is 48.5 Å². The van der Waals surface area contributed by atoms with Gasteiger partial charge in [0.25, 0.3) is 0 Å². The number of phosphoric acid groups is 2. The van der Waals surface area contributed by atoms with E-state index in [-0.39, 0.29) is 25.7 Å². The molecule has 0 amide bonds. The average molecular weight is 1450 g/mol. The first-order chi connectivity index (χ1) is 47.8. The molecule has 17 nitrogen and oxygen atoms in total. The van der Waals surface area contributed by atoms with Crippen LogP contribution in [0.4, 0.5) is 0 Å². The van der Waals surface area contributed by atoms with E-state index in [1.807, 2.05) is 0 Å². The molecule has 0 bridgehead atoms. The molecule has 0 aliphatic carbocycles. The lowest BCUT2D eigenvalue weighted by Crippen LogP contribution is -2.30. The lowest BCUT2D eigenvalue weighted by atomic mass is 9.99. The molecular formula is C80H156O17P2. The molecule has 4 unspecified atom stereocenters. The van der Waals surface area contributed by atoms with Gasteiger partial charge in [-0.05, 0) is 43.4 Å². The molecule has 0 radical (unpaired) electrons. The van der Waals surface area contributed by atoms with Gasteiger partial charge in [-0.1, -0.05) is 363 Å². The highest BCUT2D eigenvalue weighted by atomic mass is 31.2. The molecule has 0 saturated heterocycles. The van der Waals surface area contributed by atoms with Crippen LogP contribution in [0.15, 0.2) is 0 Å². The number of ether oxygens (including phenoxy) is 4. The van der Waals surface area contributed by atoms with E-state index < -0.39 is 97.5 Å². The van der Waals surface area contributed by atoms with Gasteiger partial charge in [0, 0.05) is 25.7 Å². The van der Waals surface area contributed by atoms with Gasteiger partial charge in [0.2, 0.25) is 0 Å². The van der Waals surface area contributed by atoms with Crippen LogP contribution in [0.5, 0.6) is 0 Å². The molecule has 0 saturated carbocycles. The van der Waals surface area contributed by atoms with Crippen LogP contribution in [0.2, 0.25) is 0 Å². The second kappa shape index (κ2) is 70.4. The van der Waals surface area contributed by atoms with Gasteiger partial charge >= 0.3 is 39.5 Å². The summed E-state index contributed by atoms with van der Waals surface area (Å²) in [7, 11) is -9.92. The highest BCUT2D eigenvalue weighted by molar-refractivity contribution is 7.47. The molecule has 0 heterocycles. The second-order valence-corrected chi connectivity index (χ2v) is 32.7. The van der Waals surface area contributed by atoms with Crippen molar-refractivity contribution < 1.29 is 80.2 Å². The monoisotopic (exact) mass is 1450 g/mol. The molecule has 0 aromatic heterocycles. The van der Waals surface area contributed by atoms with E-state index >= 15 is 0 Å². The molecule has 0 aliphatic heterocycles. The van der Waals surface area contributed by atoms with Gasteiger partial charge in [-0.2, -0.15) is 0 Å². The molecule has 0 spiro atoms. The quantitative estimate of drug-likeness (QED) is 0.0222. The molecule has 0 rings (SSSR count). The van der Waals surface area contributed by atoms with Gasteiger partial charge < -0.3 is 33.8 Å². The molecule has 0 aromatic carbocycles. The Morgan fingerprint density at radius 3 is 0.768 bits per heavy atom. The minimum atomic E-state index is -4.96. The summed E-state index contributed by atoms with van der Waals surface area (Å²) in [5.74, 6) is 0.190. The number of phosphoric ester groups is 2. The predicted molar refractivity (Wildman–Crippen MR) is 405 cm³/mol. The summed E-state index contributed by atoms with van der Waals surface area (Å²) in [6.07, 6.45) is 58.3. The number of rotatable bonds is 78. The number of carbonyl (C=O) groups is 4. The predicted octanol–water partition coefficient (Wildman–Crippen LogP) is 23.7. The lowest BCUT2D eigenvalue weighted by Gasteiger charge is -2.21. The minimum Gasteiger partial charge on any atom is -0.462 e. The molecule has 0 fully saturated rings. The van der Waals surface area contributed by atoms with Gasteiger partial charge in [-0.3, -0.25) is 37.3 Å². The van der Waals surface area contributed by atoms with Crippen LogP contribution in [0, 0.1) is 17.8 Å². The Hall–Kier alpha value is -1.94. The molecule has 99 heavy (non-hydrogen) atoms. The van der Waals surface area contributed by atoms with E-state index in [0.29, 0.717) is 25.7 Å². The van der Waals surface area contributed by atoms with Gasteiger partial charge in [-0.25, -0.2) is 9.13 Å². The first-order valence-electron chi connectivity index (χ1n) is 41.4. The van der Waals surface area contributed by atoms with Crippen molar-refractivity contribution in [1.29, 1.82) is 0 Å². The van der Waals surface area contributed by atoms with Gasteiger partial charge in [0.05, 0.1) is 26.4 Å². The van der Waals surface area contributed by atoms with Crippen molar-refractivity contribution in [2.45, 2.75) is 433 Å². The summed E-state index contributed by atoms with van der Waals surface area (Å²) in [6, 6.07) is 0. The lowest BCUT2D eigenvalue weighted by molar-refractivity contribution is -0.161. The van der Waals surface area contributed by atoms with E-state index in [1.165, 1.54) is 218 Å². The fourth-order valence-electron chi connectivity index (χ4n) is 12.2. The van der Waals surface area contributed by atoms with Crippen molar-refractivity contribution >= 4 is 39.5 Å². The fraction of sp³-hybridized carbons (Fsp3) is 0.950. The first-order valence-corrected chi connectivity index (χ1v) is 44.4. The Morgan fingerprint density at radius 1 is 0.293 bits per heavy atom. The Balaban J connectivity index is 5.23. The number of hydrogen-bond acceptors (Lipinski definition) is 15. The van der Waals surface area contributed by atoms with Gasteiger partial charge in [-0.15, -0.1) is 0 Å². The van der Waals surface area contributed by atoms with E-state index in [0.717, 1.165) is 114 Å². The summed E-state index contributed by atoms with van der Waals surface area (Å²) in [4.78, 5) is 73.0. The normalized spacial score (nSPS) is 14.5. The smallest absolute Gasteiger partial charge is 0.462 e. The molecule has 19 heteroatoms. The summed E-state index contributed by atoms with van der Waals surface area (Å²) < 4.78 is 68.7. The molecule has 7 atom stereocenters. The van der Waals surface area contributed by atoms with Crippen LogP contribution in [0.25, 0.3) is 0 Å². The zero-order valence-corrected chi connectivity index (χ0v) is 66.8. The number of aliphatic hydroxyl groups is 1. The molecule has 588 valence electrons. The molecule has 0 aliphatic rings. The molecular weight excluding hydrogens is 1290 g/mol. The number of aliphatic hydroxyl groups excluding tert-OH is 1. The third-order valence-corrected chi connectivity index (χ3v) is 21.3. The van der Waals surface area contributed by atoms with Crippen molar-refractivity contribution in [2.24, 2.45) is 17.8 Å². The number of unbranched alkanes of at least 4 members (excludes halogenated alkanes) is 44. The Labute approximate surface area is 607 Å². The van der Waals surface area contributed by atoms with E-state index in [1.54, 1.807) is 0 Å². The van der Waals surface area contributed by atoms with Crippen LogP contribution in [0.1, 0.15) is 414 Å². The maximum Gasteiger partial charge on any atom is 0.472 e. The van der Waals surface area contributed by atoms with Crippen molar-refractivity contribution in [3.8, 4) is 0 Å². The van der Waals surface area contributed by atoms with Crippen molar-refractivity contribution in [1.82, 2.24) is 0 Å². The summed E-state index contributed by atoms with van der Waals surface area (Å²) >= 11 is 0. The largest absolute Gasteiger partial charge is 0.472 e. The van der Waals surface area contributed by atoms with Crippen LogP contribution in [-0.4, -0.2) is 96.7 Å². The van der Waals surface area contributed by atoms with E-state index in [4.69, 9.17) is 37.0 Å². The zero-order valence-electron chi connectivity index (χ0n) is 65.0. The average Bonchev–Trinajstić information content (AvgIpc) is 1.03. The Bertz CT molecular complexity index is 1930. The standard InChI is InChI=1S/C80H156O17P2/c1-8-11-12-13-14-15-16-17-18-19-20-21-22-23-24-25-28-35-40-49-56-63-79(84)96-75(67-90-77(82)61-54-47-39-34-29-26-27-32-37-44-51-58-71(4)5)69-94-98(86,87)92-65-74(81)66-93-99(88,89)95-70-76(68-91-78(83)62-55-48-43-42-46-53-60-73(7)10-3)97-80(85)64-57-50-41-36-31-30-33-38-45-52-59-72(6)9-2/h71-76,81H,8-70H2,1-7H3,(H,86,87)(H,88,89)/t72?,73?,74-,75-,76-/m1/s1. The fourth-order valence-corrected chi connectivity index (χ4v) is 13.8. The third-order valence-electron chi connectivity index (χ3n) is 19.4. The maximum atomic E-state index is 13.1. The second-order valence-electron chi connectivity index (χ2n) is 29.8. The van der Waals surface area contributed by atoms with Crippen molar-refractivity contribution in [2.75, 3.05) is 39.6 Å². The van der Waals surface area contributed by atoms with Crippen molar-refractivity contribution in [3.05, 3.63) is 0 Å². The molecule has 3 N–H and O–H groups in total. The van der Waals surface area contributed by atoms with Crippen LogP contribution in [0.3, 0.4) is 0 Å². The topological polar surface area (TPSA) is 237 Å². The Kier molecular flexibility index (Phi) is 69.0. The SMILES string of the molecule is CCCCCCCCCCCCCCCCCCCCCCCC(=O)O[C@H](COC(=O)CCCCCCCCCCCCCC(C)C)COP(=O)(O)OC[C@@H](O)COP(=O)(O)OC[C@@H](COC(=O)CCCCCCCCC(C)CC)OC(=O)CCCCCCCCCCCCC(C)CC. The number of esters is 4. The van der Waals surface area contributed by atoms with E-state index in [9.17, 15) is 43.2 Å².